The topological polar surface area (TPSA) is 55.2 Å². The van der Waals surface area contributed by atoms with E-state index in [0.29, 0.717) is 15.7 Å². The number of nitrogens with one attached hydrogen (secondary N) is 1. The molecule has 1 N–H and O–H groups in total. The van der Waals surface area contributed by atoms with E-state index in [0.717, 1.165) is 0 Å². The van der Waals surface area contributed by atoms with Crippen molar-refractivity contribution in [1.82, 2.24) is 0 Å². The zero-order chi connectivity index (χ0) is 14.7. The Kier molecular flexibility index (Phi) is 4.57. The SMILES string of the molecule is O=[N+]([O-])c1ccc(NCc2ccc(Br)cc2F)cc1Cl. The van der Waals surface area contributed by atoms with Crippen LogP contribution in [0.1, 0.15) is 5.56 Å². The Morgan fingerprint density at radius 3 is 2.65 bits per heavy atom. The van der Waals surface area contributed by atoms with Gasteiger partial charge in [-0.2, -0.15) is 0 Å². The molecule has 104 valence electrons. The molecule has 0 fully saturated rings. The predicted octanol–water partition coefficient (Wildman–Crippen LogP) is 4.76. The maximum Gasteiger partial charge on any atom is 0.288 e. The molecule has 0 spiro atoms. The molecule has 0 aliphatic heterocycles. The summed E-state index contributed by atoms with van der Waals surface area (Å²) in [5, 5.41) is 13.6. The molecular formula is C13H9BrClFN2O2. The van der Waals surface area contributed by atoms with Crippen LogP contribution in [0.25, 0.3) is 0 Å². The minimum absolute atomic E-state index is 0.0382. The highest BCUT2D eigenvalue weighted by molar-refractivity contribution is 9.10. The van der Waals surface area contributed by atoms with Crippen LogP contribution in [0.15, 0.2) is 40.9 Å². The van der Waals surface area contributed by atoms with E-state index in [-0.39, 0.29) is 23.1 Å². The maximum atomic E-state index is 13.6. The minimum atomic E-state index is -0.555. The molecule has 7 heteroatoms. The monoisotopic (exact) mass is 358 g/mol. The van der Waals surface area contributed by atoms with E-state index in [2.05, 4.69) is 21.2 Å². The fraction of sp³-hybridized carbons (Fsp3) is 0.0769. The van der Waals surface area contributed by atoms with Crippen molar-refractivity contribution < 1.29 is 9.31 Å². The first-order valence-electron chi connectivity index (χ1n) is 5.59. The zero-order valence-electron chi connectivity index (χ0n) is 10.1. The Bertz CT molecular complexity index is 667. The van der Waals surface area contributed by atoms with Crippen molar-refractivity contribution in [3.05, 3.63) is 67.4 Å². The molecule has 4 nitrogen and oxygen atoms in total. The zero-order valence-corrected chi connectivity index (χ0v) is 12.4. The van der Waals surface area contributed by atoms with Crippen LogP contribution in [-0.4, -0.2) is 4.92 Å². The lowest BCUT2D eigenvalue weighted by Crippen LogP contribution is -2.02. The van der Waals surface area contributed by atoms with Gasteiger partial charge in [0.15, 0.2) is 0 Å². The predicted molar refractivity (Wildman–Crippen MR) is 79.5 cm³/mol. The van der Waals surface area contributed by atoms with Crippen molar-refractivity contribution in [2.75, 3.05) is 5.32 Å². The number of hydrogen-bond donors (Lipinski definition) is 1. The molecule has 0 aliphatic rings. The Morgan fingerprint density at radius 1 is 1.30 bits per heavy atom. The number of hydrogen-bond acceptors (Lipinski definition) is 3. The van der Waals surface area contributed by atoms with Gasteiger partial charge in [0.05, 0.1) is 4.92 Å². The van der Waals surface area contributed by atoms with Crippen LogP contribution in [0.2, 0.25) is 5.02 Å². The lowest BCUT2D eigenvalue weighted by molar-refractivity contribution is -0.384. The molecular weight excluding hydrogens is 351 g/mol. The normalized spacial score (nSPS) is 10.3. The van der Waals surface area contributed by atoms with Gasteiger partial charge in [-0.3, -0.25) is 10.1 Å². The van der Waals surface area contributed by atoms with E-state index in [1.807, 2.05) is 0 Å². The molecule has 0 aromatic heterocycles. The summed E-state index contributed by atoms with van der Waals surface area (Å²) in [5.41, 5.74) is 0.914. The Balaban J connectivity index is 2.11. The first-order valence-corrected chi connectivity index (χ1v) is 6.76. The van der Waals surface area contributed by atoms with Crippen LogP contribution in [0, 0.1) is 15.9 Å². The van der Waals surface area contributed by atoms with Gasteiger partial charge in [-0.25, -0.2) is 4.39 Å². The van der Waals surface area contributed by atoms with Crippen molar-refractivity contribution in [3.63, 3.8) is 0 Å². The van der Waals surface area contributed by atoms with Crippen molar-refractivity contribution >= 4 is 38.9 Å². The van der Waals surface area contributed by atoms with E-state index in [4.69, 9.17) is 11.6 Å². The van der Waals surface area contributed by atoms with Gasteiger partial charge in [0.2, 0.25) is 0 Å². The molecule has 0 amide bonds. The molecule has 2 aromatic carbocycles. The van der Waals surface area contributed by atoms with E-state index in [1.54, 1.807) is 12.1 Å². The van der Waals surface area contributed by atoms with Crippen LogP contribution in [0.4, 0.5) is 15.8 Å². The standard InChI is InChI=1S/C13H9BrClFN2O2/c14-9-2-1-8(12(16)5-9)7-17-10-3-4-13(18(19)20)11(15)6-10/h1-6,17H,7H2. The third-order valence-electron chi connectivity index (χ3n) is 2.64. The van der Waals surface area contributed by atoms with Gasteiger partial charge in [0.25, 0.3) is 5.69 Å². The van der Waals surface area contributed by atoms with Crippen molar-refractivity contribution in [2.45, 2.75) is 6.54 Å². The number of anilines is 1. The molecule has 0 bridgehead atoms. The van der Waals surface area contributed by atoms with E-state index < -0.39 is 4.92 Å². The van der Waals surface area contributed by atoms with Gasteiger partial charge in [-0.05, 0) is 24.3 Å². The van der Waals surface area contributed by atoms with Gasteiger partial charge in [0, 0.05) is 28.3 Å². The second-order valence-corrected chi connectivity index (χ2v) is 5.34. The Hall–Kier alpha value is -1.66. The lowest BCUT2D eigenvalue weighted by atomic mass is 10.2. The molecule has 2 aromatic rings. The molecule has 2 rings (SSSR count). The fourth-order valence-electron chi connectivity index (χ4n) is 1.63. The van der Waals surface area contributed by atoms with Crippen molar-refractivity contribution in [1.29, 1.82) is 0 Å². The van der Waals surface area contributed by atoms with Gasteiger partial charge < -0.3 is 5.32 Å². The molecule has 0 radical (unpaired) electrons. The molecule has 0 aliphatic carbocycles. The summed E-state index contributed by atoms with van der Waals surface area (Å²) in [6.07, 6.45) is 0. The number of nitro benzene ring substituents is 1. The number of rotatable bonds is 4. The van der Waals surface area contributed by atoms with Gasteiger partial charge in [0.1, 0.15) is 10.8 Å². The maximum absolute atomic E-state index is 13.6. The average Bonchev–Trinajstić information content (AvgIpc) is 2.37. The van der Waals surface area contributed by atoms with Crippen LogP contribution >= 0.6 is 27.5 Å². The van der Waals surface area contributed by atoms with Crippen LogP contribution in [-0.2, 0) is 6.54 Å². The van der Waals surface area contributed by atoms with Crippen molar-refractivity contribution in [3.8, 4) is 0 Å². The first kappa shape index (κ1) is 14.7. The average molecular weight is 360 g/mol. The van der Waals surface area contributed by atoms with Gasteiger partial charge >= 0.3 is 0 Å². The summed E-state index contributed by atoms with van der Waals surface area (Å²) in [6, 6.07) is 9.04. The third kappa shape index (κ3) is 3.46. The molecule has 0 atom stereocenters. The molecule has 0 heterocycles. The largest absolute Gasteiger partial charge is 0.381 e. The quantitative estimate of drug-likeness (QED) is 0.632. The van der Waals surface area contributed by atoms with Crippen LogP contribution < -0.4 is 5.32 Å². The lowest BCUT2D eigenvalue weighted by Gasteiger charge is -2.08. The van der Waals surface area contributed by atoms with Crippen molar-refractivity contribution in [2.24, 2.45) is 0 Å². The molecule has 0 unspecified atom stereocenters. The highest BCUT2D eigenvalue weighted by Crippen LogP contribution is 2.27. The molecule has 20 heavy (non-hydrogen) atoms. The van der Waals surface area contributed by atoms with E-state index in [9.17, 15) is 14.5 Å². The second kappa shape index (κ2) is 6.19. The summed E-state index contributed by atoms with van der Waals surface area (Å²) in [6.45, 7) is 0.257. The third-order valence-corrected chi connectivity index (χ3v) is 3.44. The second-order valence-electron chi connectivity index (χ2n) is 4.01. The minimum Gasteiger partial charge on any atom is -0.381 e. The molecule has 0 saturated carbocycles. The smallest absolute Gasteiger partial charge is 0.288 e. The van der Waals surface area contributed by atoms with Gasteiger partial charge in [-0.1, -0.05) is 33.6 Å². The molecule has 0 saturated heterocycles. The Labute approximate surface area is 127 Å². The number of halogens is 3. The first-order chi connectivity index (χ1) is 9.47. The summed E-state index contributed by atoms with van der Waals surface area (Å²) < 4.78 is 14.3. The van der Waals surface area contributed by atoms with Gasteiger partial charge in [-0.15, -0.1) is 0 Å². The summed E-state index contributed by atoms with van der Waals surface area (Å²) in [4.78, 5) is 10.1. The number of benzene rings is 2. The van der Waals surface area contributed by atoms with Crippen LogP contribution in [0.3, 0.4) is 0 Å². The highest BCUT2D eigenvalue weighted by atomic mass is 79.9. The number of nitro groups is 1. The summed E-state index contributed by atoms with van der Waals surface area (Å²) in [5.74, 6) is -0.333. The number of nitrogens with zero attached hydrogens (tertiary/aromatic N) is 1. The summed E-state index contributed by atoms with van der Waals surface area (Å²) >= 11 is 8.98. The van der Waals surface area contributed by atoms with Crippen LogP contribution in [0.5, 0.6) is 0 Å². The fourth-order valence-corrected chi connectivity index (χ4v) is 2.21. The van der Waals surface area contributed by atoms with E-state index in [1.165, 1.54) is 24.3 Å². The Morgan fingerprint density at radius 2 is 2.05 bits per heavy atom. The summed E-state index contributed by atoms with van der Waals surface area (Å²) in [7, 11) is 0. The highest BCUT2D eigenvalue weighted by Gasteiger charge is 2.12. The van der Waals surface area contributed by atoms with E-state index >= 15 is 0 Å².